The Morgan fingerprint density at radius 2 is 2.07 bits per heavy atom. The summed E-state index contributed by atoms with van der Waals surface area (Å²) >= 11 is 0. The van der Waals surface area contributed by atoms with Gasteiger partial charge in [-0.25, -0.2) is 15.0 Å². The van der Waals surface area contributed by atoms with Gasteiger partial charge in [-0.2, -0.15) is 5.10 Å². The first-order valence-electron chi connectivity index (χ1n) is 15.2. The molecule has 1 saturated carbocycles. The number of benzene rings is 1. The van der Waals surface area contributed by atoms with Crippen LogP contribution in [0.1, 0.15) is 87.5 Å². The molecule has 0 aliphatic heterocycles. The van der Waals surface area contributed by atoms with E-state index in [1.165, 1.54) is 5.56 Å². The van der Waals surface area contributed by atoms with Crippen LogP contribution in [0.2, 0.25) is 0 Å². The van der Waals surface area contributed by atoms with Crippen LogP contribution >= 0.6 is 0 Å². The minimum atomic E-state index is -0.131. The van der Waals surface area contributed by atoms with Gasteiger partial charge >= 0.3 is 0 Å². The van der Waals surface area contributed by atoms with Crippen molar-refractivity contribution in [3.8, 4) is 22.5 Å². The number of H-pyrrole nitrogens is 1. The quantitative estimate of drug-likeness (QED) is 0.108. The van der Waals surface area contributed by atoms with Crippen molar-refractivity contribution in [3.05, 3.63) is 53.0 Å². The predicted octanol–water partition coefficient (Wildman–Crippen LogP) is 6.40. The van der Waals surface area contributed by atoms with Crippen molar-refractivity contribution in [2.75, 3.05) is 6.54 Å². The predicted molar refractivity (Wildman–Crippen MR) is 169 cm³/mol. The normalized spacial score (nSPS) is 17.9. The molecule has 10 nitrogen and oxygen atoms in total. The fraction of sp³-hybridized carbons (Fsp3) is 0.455. The van der Waals surface area contributed by atoms with Gasteiger partial charge in [-0.05, 0) is 82.6 Å². The Balaban J connectivity index is 1.27. The zero-order valence-corrected chi connectivity index (χ0v) is 25.7. The lowest BCUT2D eigenvalue weighted by atomic mass is 9.94. The smallest absolute Gasteiger partial charge is 0.242 e. The molecule has 3 heterocycles. The number of aliphatic imine (C=N–C) groups is 1. The topological polar surface area (TPSA) is 122 Å². The maximum atomic E-state index is 13.0. The van der Waals surface area contributed by atoms with Gasteiger partial charge in [-0.15, -0.1) is 0 Å². The second-order valence-corrected chi connectivity index (χ2v) is 12.4. The van der Waals surface area contributed by atoms with Gasteiger partial charge in [-0.3, -0.25) is 9.48 Å². The lowest BCUT2D eigenvalue weighted by Crippen LogP contribution is -2.31. The second-order valence-electron chi connectivity index (χ2n) is 12.4. The Morgan fingerprint density at radius 3 is 2.79 bits per heavy atom. The zero-order chi connectivity index (χ0) is 30.3. The number of aromatic amines is 1. The van der Waals surface area contributed by atoms with Crippen molar-refractivity contribution in [1.29, 1.82) is 0 Å². The average Bonchev–Trinajstić information content (AvgIpc) is 3.53. The highest BCUT2D eigenvalue weighted by molar-refractivity contribution is 5.92. The highest BCUT2D eigenvalue weighted by Crippen LogP contribution is 2.46. The molecule has 0 spiro atoms. The number of aryl methyl sites for hydroxylation is 2. The van der Waals surface area contributed by atoms with Crippen molar-refractivity contribution in [2.45, 2.75) is 85.2 Å². The van der Waals surface area contributed by atoms with Gasteiger partial charge in [-0.1, -0.05) is 36.7 Å². The van der Waals surface area contributed by atoms with Gasteiger partial charge in [0.15, 0.2) is 5.65 Å². The fourth-order valence-corrected chi connectivity index (χ4v) is 6.25. The van der Waals surface area contributed by atoms with Crippen LogP contribution in [0.3, 0.4) is 0 Å². The molecule has 224 valence electrons. The first kappa shape index (κ1) is 28.8. The van der Waals surface area contributed by atoms with Crippen LogP contribution in [0.5, 0.6) is 0 Å². The molecule has 43 heavy (non-hydrogen) atoms. The maximum absolute atomic E-state index is 13.0. The number of oxime groups is 1. The summed E-state index contributed by atoms with van der Waals surface area (Å²) in [5, 5.41) is 11.5. The van der Waals surface area contributed by atoms with Gasteiger partial charge < -0.3 is 15.1 Å². The Kier molecular flexibility index (Phi) is 7.62. The van der Waals surface area contributed by atoms with E-state index in [2.05, 4.69) is 78.0 Å². The molecule has 1 fully saturated rings. The monoisotopic (exact) mass is 580 g/mol. The number of nitrogens with zero attached hydrogens (tertiary/aromatic N) is 6. The summed E-state index contributed by atoms with van der Waals surface area (Å²) in [7, 11) is 0. The zero-order valence-electron chi connectivity index (χ0n) is 25.7. The second kappa shape index (κ2) is 11.4. The molecule has 3 aromatic heterocycles. The van der Waals surface area contributed by atoms with E-state index in [1.54, 1.807) is 0 Å². The van der Waals surface area contributed by atoms with Gasteiger partial charge in [0.25, 0.3) is 0 Å². The van der Waals surface area contributed by atoms with Crippen LogP contribution in [0.25, 0.3) is 33.7 Å². The molecule has 10 heteroatoms. The summed E-state index contributed by atoms with van der Waals surface area (Å²) in [6.07, 6.45) is 7.74. The minimum absolute atomic E-state index is 0.00979. The molecule has 0 saturated heterocycles. The van der Waals surface area contributed by atoms with Gasteiger partial charge in [0.2, 0.25) is 11.8 Å². The van der Waals surface area contributed by atoms with Crippen LogP contribution in [-0.2, 0) is 16.1 Å². The molecule has 2 aliphatic carbocycles. The standard InChI is InChI=1S/C33H40N8O2/c1-19(2)41-21(4)28(20(3)40-41)30-38-29-25(13-16-35-31(29)39-30)23-11-12-24-22(17-23)9-7-8-10-26(24)37-27(42)18-36-32(43-34-6)33(5)14-15-33/h11-13,16-17,19,26H,6-10,14-15,18H2,1-5H3,(H,37,42)(H,35,38,39)/b36-32-. The number of hydrogen-bond donors (Lipinski definition) is 2. The highest BCUT2D eigenvalue weighted by Gasteiger charge is 2.45. The van der Waals surface area contributed by atoms with Crippen molar-refractivity contribution >= 4 is 29.7 Å². The van der Waals surface area contributed by atoms with Gasteiger partial charge in [0.05, 0.1) is 17.3 Å². The number of rotatable bonds is 8. The number of carbonyl (C=O) groups excluding carboxylic acids is 1. The van der Waals surface area contributed by atoms with Gasteiger partial charge in [0.1, 0.15) is 17.9 Å². The molecule has 2 N–H and O–H groups in total. The molecule has 0 radical (unpaired) electrons. The van der Waals surface area contributed by atoms with Crippen LogP contribution < -0.4 is 5.32 Å². The molecule has 1 amide bonds. The van der Waals surface area contributed by atoms with E-state index in [0.29, 0.717) is 5.90 Å². The molecular formula is C33H40N8O2. The first-order valence-corrected chi connectivity index (χ1v) is 15.2. The molecule has 2 aliphatic rings. The molecule has 1 atom stereocenters. The molecule has 1 aromatic carbocycles. The minimum Gasteiger partial charge on any atom is -0.348 e. The number of carbonyl (C=O) groups is 1. The molecule has 0 bridgehead atoms. The van der Waals surface area contributed by atoms with Crippen molar-refractivity contribution in [2.24, 2.45) is 15.6 Å². The highest BCUT2D eigenvalue weighted by atomic mass is 16.6. The number of nitrogens with one attached hydrogen (secondary N) is 2. The third-order valence-electron chi connectivity index (χ3n) is 8.82. The summed E-state index contributed by atoms with van der Waals surface area (Å²) in [6, 6.07) is 8.77. The van der Waals surface area contributed by atoms with E-state index >= 15 is 0 Å². The number of imidazole rings is 1. The van der Waals surface area contributed by atoms with Crippen molar-refractivity contribution in [3.63, 3.8) is 0 Å². The summed E-state index contributed by atoms with van der Waals surface area (Å²) in [6.45, 7) is 13.9. The lowest BCUT2D eigenvalue weighted by molar-refractivity contribution is -0.120. The third kappa shape index (κ3) is 5.58. The first-order chi connectivity index (χ1) is 20.7. The SMILES string of the molecule is C=NO/C(=N\CC(=O)NC1CCCCc2cc(-c3ccnc4[nH]c(-c5c(C)nn(C(C)C)c5C)nc34)ccc21)C1(C)CC1. The molecular weight excluding hydrogens is 540 g/mol. The van der Waals surface area contributed by atoms with Crippen LogP contribution in [0.4, 0.5) is 0 Å². The summed E-state index contributed by atoms with van der Waals surface area (Å²) in [5.41, 5.74) is 9.03. The number of aromatic nitrogens is 5. The number of amides is 1. The van der Waals surface area contributed by atoms with E-state index in [-0.39, 0.29) is 30.0 Å². The number of fused-ring (bicyclic) bond motifs is 2. The summed E-state index contributed by atoms with van der Waals surface area (Å²) in [5.74, 6) is 1.15. The Labute approximate surface area is 252 Å². The molecule has 1 unspecified atom stereocenters. The number of hydrogen-bond acceptors (Lipinski definition) is 7. The third-order valence-corrected chi connectivity index (χ3v) is 8.82. The Bertz CT molecular complexity index is 1730. The summed E-state index contributed by atoms with van der Waals surface area (Å²) < 4.78 is 2.04. The molecule has 6 rings (SSSR count). The summed E-state index contributed by atoms with van der Waals surface area (Å²) in [4.78, 5) is 35.8. The van der Waals surface area contributed by atoms with E-state index in [1.807, 2.05) is 23.9 Å². The fourth-order valence-electron chi connectivity index (χ4n) is 6.25. The van der Waals surface area contributed by atoms with E-state index < -0.39 is 0 Å². The average molecular weight is 581 g/mol. The van der Waals surface area contributed by atoms with Crippen molar-refractivity contribution in [1.82, 2.24) is 30.0 Å². The largest absolute Gasteiger partial charge is 0.348 e. The number of pyridine rings is 1. The van der Waals surface area contributed by atoms with Crippen LogP contribution in [0.15, 0.2) is 40.6 Å². The van der Waals surface area contributed by atoms with Gasteiger partial charge in [0, 0.05) is 35.6 Å². The molecule has 4 aromatic rings. The van der Waals surface area contributed by atoms with Crippen molar-refractivity contribution < 1.29 is 9.63 Å². The lowest BCUT2D eigenvalue weighted by Gasteiger charge is -2.20. The Hall–Kier alpha value is -4.34. The van der Waals surface area contributed by atoms with Crippen LogP contribution in [0, 0.1) is 19.3 Å². The van der Waals surface area contributed by atoms with E-state index in [4.69, 9.17) is 14.9 Å². The van der Waals surface area contributed by atoms with E-state index in [0.717, 1.165) is 89.2 Å². The Morgan fingerprint density at radius 1 is 1.26 bits per heavy atom. The maximum Gasteiger partial charge on any atom is 0.242 e. The van der Waals surface area contributed by atoms with Crippen LogP contribution in [-0.4, -0.2) is 49.8 Å². The van der Waals surface area contributed by atoms with E-state index in [9.17, 15) is 4.79 Å².